The molecule has 12 nitrogen and oxygen atoms in total. The van der Waals surface area contributed by atoms with E-state index in [0.29, 0.717) is 23.0 Å². The lowest BCUT2D eigenvalue weighted by Crippen LogP contribution is -2.43. The summed E-state index contributed by atoms with van der Waals surface area (Å²) in [5.74, 6) is 0.451. The van der Waals surface area contributed by atoms with Gasteiger partial charge in [0, 0.05) is 19.1 Å². The van der Waals surface area contributed by atoms with Crippen molar-refractivity contribution in [3.05, 3.63) is 36.4 Å². The second-order valence-electron chi connectivity index (χ2n) is 13.5. The molecule has 0 saturated carbocycles. The number of unbranched alkanes of at least 4 members (excludes halogenated alkanes) is 1. The van der Waals surface area contributed by atoms with E-state index < -0.39 is 12.0 Å². The zero-order valence-electron chi connectivity index (χ0n) is 26.3. The summed E-state index contributed by atoms with van der Waals surface area (Å²) in [7, 11) is 0. The van der Waals surface area contributed by atoms with Gasteiger partial charge in [0.05, 0.1) is 17.4 Å². The maximum absolute atomic E-state index is 6.64. The van der Waals surface area contributed by atoms with E-state index in [4.69, 9.17) is 24.9 Å². The summed E-state index contributed by atoms with van der Waals surface area (Å²) < 4.78 is 21.3. The Morgan fingerprint density at radius 2 is 1.91 bits per heavy atom. The van der Waals surface area contributed by atoms with Crippen LogP contribution in [0.1, 0.15) is 73.1 Å². The number of benzene rings is 1. The Bertz CT molecular complexity index is 1570. The molecule has 3 aromatic heterocycles. The van der Waals surface area contributed by atoms with Crippen LogP contribution >= 0.6 is 0 Å². The van der Waals surface area contributed by atoms with Gasteiger partial charge in [-0.2, -0.15) is 0 Å². The Balaban J connectivity index is 1.07. The van der Waals surface area contributed by atoms with Gasteiger partial charge in [0.25, 0.3) is 0 Å². The number of hydrogen-bond acceptors (Lipinski definition) is 10. The van der Waals surface area contributed by atoms with Crippen molar-refractivity contribution in [1.82, 2.24) is 34.4 Å². The average molecular weight is 592 g/mol. The molecule has 232 valence electrons. The van der Waals surface area contributed by atoms with Gasteiger partial charge < -0.3 is 30.2 Å². The molecule has 0 radical (unpaired) electrons. The standard InChI is InChI=1S/C31H45N9O3/c1-18(2)39(13-9-8-12-33-29-37-20-11-10-19(30(3,4)5)14-21(20)38-29)15-22-24-25(43-31(6,7)42-24)28(41-22)40-17-36-23-26(32)34-16-35-27(23)40/h10-11,14,16-18,22,24-25,28H,8-9,12-13,15H2,1-7H3,(H2,32,34,35)(H2,33,37,38)/t22-,24-,25-,28?/m1/s1. The lowest BCUT2D eigenvalue weighted by atomic mass is 9.87. The highest BCUT2D eigenvalue weighted by Crippen LogP contribution is 2.44. The maximum Gasteiger partial charge on any atom is 0.201 e. The lowest BCUT2D eigenvalue weighted by molar-refractivity contribution is -0.198. The minimum absolute atomic E-state index is 0.102. The number of nitrogen functional groups attached to an aromatic ring is 1. The van der Waals surface area contributed by atoms with E-state index in [9.17, 15) is 0 Å². The van der Waals surface area contributed by atoms with Gasteiger partial charge in [-0.1, -0.05) is 26.8 Å². The molecule has 1 aromatic carbocycles. The number of aromatic nitrogens is 6. The molecule has 1 unspecified atom stereocenters. The molecule has 0 aliphatic carbocycles. The Morgan fingerprint density at radius 3 is 2.67 bits per heavy atom. The summed E-state index contributed by atoms with van der Waals surface area (Å²) in [6, 6.07) is 6.81. The summed E-state index contributed by atoms with van der Waals surface area (Å²) in [5, 5.41) is 3.47. The second-order valence-corrected chi connectivity index (χ2v) is 13.5. The third kappa shape index (κ3) is 6.06. The number of imidazole rings is 2. The molecule has 2 fully saturated rings. The fourth-order valence-corrected chi connectivity index (χ4v) is 6.08. The van der Waals surface area contributed by atoms with Crippen LogP contribution in [0.25, 0.3) is 22.2 Å². The van der Waals surface area contributed by atoms with Crippen LogP contribution in [0.3, 0.4) is 0 Å². The number of nitrogens with two attached hydrogens (primary N) is 1. The van der Waals surface area contributed by atoms with Gasteiger partial charge in [-0.05, 0) is 70.2 Å². The van der Waals surface area contributed by atoms with Crippen LogP contribution in [0.5, 0.6) is 0 Å². The molecule has 12 heteroatoms. The van der Waals surface area contributed by atoms with Crippen molar-refractivity contribution in [2.45, 2.75) is 103 Å². The van der Waals surface area contributed by atoms with E-state index in [1.807, 2.05) is 18.4 Å². The molecular weight excluding hydrogens is 546 g/mol. The molecule has 0 amide bonds. The number of ether oxygens (including phenoxy) is 3. The van der Waals surface area contributed by atoms with Crippen molar-refractivity contribution in [3.63, 3.8) is 0 Å². The van der Waals surface area contributed by atoms with Crippen LogP contribution in [-0.2, 0) is 19.6 Å². The van der Waals surface area contributed by atoms with E-state index in [0.717, 1.165) is 49.5 Å². The number of nitrogens with zero attached hydrogens (tertiary/aromatic N) is 6. The van der Waals surface area contributed by atoms with Crippen molar-refractivity contribution in [1.29, 1.82) is 0 Å². The molecule has 2 aliphatic rings. The number of hydrogen-bond donors (Lipinski definition) is 3. The number of H-pyrrole nitrogens is 1. The number of rotatable bonds is 10. The van der Waals surface area contributed by atoms with Crippen LogP contribution in [0.15, 0.2) is 30.9 Å². The van der Waals surface area contributed by atoms with Crippen LogP contribution in [-0.4, -0.2) is 84.2 Å². The Morgan fingerprint density at radius 1 is 1.12 bits per heavy atom. The predicted octanol–water partition coefficient (Wildman–Crippen LogP) is 4.60. The molecule has 43 heavy (non-hydrogen) atoms. The van der Waals surface area contributed by atoms with E-state index in [2.05, 4.69) is 83.0 Å². The molecular formula is C31H45N9O3. The summed E-state index contributed by atoms with van der Waals surface area (Å²) in [6.45, 7) is 17.5. The Labute approximate surface area is 252 Å². The largest absolute Gasteiger partial charge is 0.382 e. The number of anilines is 2. The topological polar surface area (TPSA) is 141 Å². The molecule has 0 spiro atoms. The normalized spacial score (nSPS) is 23.7. The van der Waals surface area contributed by atoms with Gasteiger partial charge in [0.1, 0.15) is 30.2 Å². The smallest absolute Gasteiger partial charge is 0.201 e. The van der Waals surface area contributed by atoms with Crippen molar-refractivity contribution in [2.75, 3.05) is 30.7 Å². The molecule has 6 rings (SSSR count). The first-order valence-electron chi connectivity index (χ1n) is 15.3. The predicted molar refractivity (Wildman–Crippen MR) is 167 cm³/mol. The maximum atomic E-state index is 6.64. The summed E-state index contributed by atoms with van der Waals surface area (Å²) in [6.07, 6.45) is 4.08. The Hall–Kier alpha value is -3.32. The third-order valence-electron chi connectivity index (χ3n) is 8.44. The van der Waals surface area contributed by atoms with E-state index >= 15 is 0 Å². The zero-order valence-corrected chi connectivity index (χ0v) is 26.3. The highest BCUT2D eigenvalue weighted by Gasteiger charge is 2.56. The van der Waals surface area contributed by atoms with Gasteiger partial charge in [-0.3, -0.25) is 9.47 Å². The number of nitrogens with one attached hydrogen (secondary N) is 2. The van der Waals surface area contributed by atoms with Crippen molar-refractivity contribution in [2.24, 2.45) is 0 Å². The molecule has 2 aliphatic heterocycles. The first kappa shape index (κ1) is 29.7. The third-order valence-corrected chi connectivity index (χ3v) is 8.44. The molecule has 4 aromatic rings. The summed E-state index contributed by atoms with van der Waals surface area (Å²) >= 11 is 0. The van der Waals surface area contributed by atoms with Crippen molar-refractivity contribution < 1.29 is 14.2 Å². The summed E-state index contributed by atoms with van der Waals surface area (Å²) in [5.41, 5.74) is 10.7. The van der Waals surface area contributed by atoms with Crippen molar-refractivity contribution in [3.8, 4) is 0 Å². The fraction of sp³-hybridized carbons (Fsp3) is 0.613. The zero-order chi connectivity index (χ0) is 30.5. The minimum atomic E-state index is -0.709. The first-order valence-corrected chi connectivity index (χ1v) is 15.3. The van der Waals surface area contributed by atoms with Crippen molar-refractivity contribution >= 4 is 34.0 Å². The minimum Gasteiger partial charge on any atom is -0.382 e. The van der Waals surface area contributed by atoms with E-state index in [-0.39, 0.29) is 23.7 Å². The highest BCUT2D eigenvalue weighted by atomic mass is 16.8. The van der Waals surface area contributed by atoms with Gasteiger partial charge >= 0.3 is 0 Å². The molecule has 4 atom stereocenters. The Kier molecular flexibility index (Phi) is 7.82. The average Bonchev–Trinajstić information content (AvgIpc) is 3.68. The molecule has 0 bridgehead atoms. The highest BCUT2D eigenvalue weighted by molar-refractivity contribution is 5.81. The first-order chi connectivity index (χ1) is 20.4. The molecule has 4 N–H and O–H groups in total. The van der Waals surface area contributed by atoms with Gasteiger partial charge in [-0.15, -0.1) is 0 Å². The monoisotopic (exact) mass is 591 g/mol. The van der Waals surface area contributed by atoms with E-state index in [1.165, 1.54) is 11.9 Å². The van der Waals surface area contributed by atoms with Gasteiger partial charge in [0.15, 0.2) is 23.5 Å². The van der Waals surface area contributed by atoms with Crippen LogP contribution < -0.4 is 11.1 Å². The van der Waals surface area contributed by atoms with Gasteiger partial charge in [-0.25, -0.2) is 19.9 Å². The van der Waals surface area contributed by atoms with Gasteiger partial charge in [0.2, 0.25) is 5.95 Å². The number of aromatic amines is 1. The SMILES string of the molecule is CC(C)N(CCCCNc1nc2ccc(C(C)(C)C)cc2[nH]1)C[C@H]1OC(n2cnc3c(N)ncnc32)[C@@H]2OC(C)(C)O[C@H]12. The van der Waals surface area contributed by atoms with E-state index in [1.54, 1.807) is 6.33 Å². The van der Waals surface area contributed by atoms with Crippen LogP contribution in [0, 0.1) is 0 Å². The van der Waals surface area contributed by atoms with Crippen LogP contribution in [0.2, 0.25) is 0 Å². The molecule has 2 saturated heterocycles. The lowest BCUT2D eigenvalue weighted by Gasteiger charge is -2.31. The second kappa shape index (κ2) is 11.3. The van der Waals surface area contributed by atoms with Crippen LogP contribution in [0.4, 0.5) is 11.8 Å². The number of fused-ring (bicyclic) bond motifs is 3. The summed E-state index contributed by atoms with van der Waals surface area (Å²) in [4.78, 5) is 23.6. The fourth-order valence-electron chi connectivity index (χ4n) is 6.08. The quantitative estimate of drug-likeness (QED) is 0.224. The molecule has 5 heterocycles.